The maximum atomic E-state index is 8.98. The molecule has 0 radical (unpaired) electrons. The Labute approximate surface area is 164 Å². The average Bonchev–Trinajstić information content (AvgIpc) is 2.75. The van der Waals surface area contributed by atoms with Crippen LogP contribution in [0.1, 0.15) is 18.1 Å². The molecule has 0 atom stereocenters. The lowest BCUT2D eigenvalue weighted by molar-refractivity contribution is 0.304. The van der Waals surface area contributed by atoms with E-state index in [-0.39, 0.29) is 5.57 Å². The van der Waals surface area contributed by atoms with Crippen LogP contribution in [-0.4, -0.2) is 0 Å². The lowest BCUT2D eigenvalue weighted by Gasteiger charge is -2.10. The number of nitriles is 2. The van der Waals surface area contributed by atoms with Crippen LogP contribution in [0, 0.1) is 22.7 Å². The lowest BCUT2D eigenvalue weighted by Crippen LogP contribution is -1.95. The molecule has 0 heterocycles. The molecule has 0 aromatic heterocycles. The molecule has 0 aliphatic carbocycles. The van der Waals surface area contributed by atoms with E-state index in [9.17, 15) is 0 Å². The van der Waals surface area contributed by atoms with Crippen LogP contribution in [0.25, 0.3) is 5.57 Å². The van der Waals surface area contributed by atoms with Crippen molar-refractivity contribution in [3.8, 4) is 29.4 Å². The Hall–Kier alpha value is -4.02. The molecule has 0 bridgehead atoms. The maximum absolute atomic E-state index is 8.98. The Morgan fingerprint density at radius 2 is 1.46 bits per heavy atom. The molecular weight excluding hydrogens is 348 g/mol. The van der Waals surface area contributed by atoms with Crippen molar-refractivity contribution in [2.45, 2.75) is 13.5 Å². The molecule has 136 valence electrons. The first-order valence-corrected chi connectivity index (χ1v) is 8.76. The topological polar surface area (TPSA) is 66.0 Å². The summed E-state index contributed by atoms with van der Waals surface area (Å²) >= 11 is 0. The number of nitrogens with zero attached hydrogens (tertiary/aromatic N) is 2. The van der Waals surface area contributed by atoms with E-state index in [2.05, 4.69) is 0 Å². The van der Waals surface area contributed by atoms with Crippen molar-refractivity contribution in [2.75, 3.05) is 0 Å². The maximum Gasteiger partial charge on any atom is 0.133 e. The van der Waals surface area contributed by atoms with Crippen molar-refractivity contribution in [3.05, 3.63) is 95.6 Å². The average molecular weight is 366 g/mol. The van der Waals surface area contributed by atoms with Crippen molar-refractivity contribution < 1.29 is 9.47 Å². The first-order chi connectivity index (χ1) is 13.7. The standard InChI is InChI=1S/C24H18N2O2/c1-18(21(15-25)16-26)20-10-12-22(13-11-20)28-24-9-5-8-23(14-24)27-17-19-6-3-2-4-7-19/h2-14H,17H2,1H3. The van der Waals surface area contributed by atoms with Crippen LogP contribution in [0.15, 0.2) is 84.4 Å². The second kappa shape index (κ2) is 9.07. The van der Waals surface area contributed by atoms with Gasteiger partial charge < -0.3 is 9.47 Å². The normalized spacial score (nSPS) is 9.68. The minimum absolute atomic E-state index is 0.108. The van der Waals surface area contributed by atoms with Gasteiger partial charge in [0, 0.05) is 6.07 Å². The van der Waals surface area contributed by atoms with Gasteiger partial charge in [0.2, 0.25) is 0 Å². The second-order valence-electron chi connectivity index (χ2n) is 6.10. The van der Waals surface area contributed by atoms with Crippen molar-refractivity contribution in [3.63, 3.8) is 0 Å². The SMILES string of the molecule is CC(=C(C#N)C#N)c1ccc(Oc2cccc(OCc3ccccc3)c2)cc1. The van der Waals surface area contributed by atoms with E-state index in [0.29, 0.717) is 23.7 Å². The third-order valence-corrected chi connectivity index (χ3v) is 4.18. The summed E-state index contributed by atoms with van der Waals surface area (Å²) in [5, 5.41) is 18.0. The summed E-state index contributed by atoms with van der Waals surface area (Å²) in [6.45, 7) is 2.25. The third-order valence-electron chi connectivity index (χ3n) is 4.18. The van der Waals surface area contributed by atoms with Crippen molar-refractivity contribution >= 4 is 5.57 Å². The van der Waals surface area contributed by atoms with Crippen LogP contribution >= 0.6 is 0 Å². The summed E-state index contributed by atoms with van der Waals surface area (Å²) in [6, 6.07) is 28.5. The smallest absolute Gasteiger partial charge is 0.133 e. The van der Waals surface area contributed by atoms with Gasteiger partial charge in [0.05, 0.1) is 0 Å². The van der Waals surface area contributed by atoms with Gasteiger partial charge in [-0.05, 0) is 47.9 Å². The molecule has 0 spiro atoms. The van der Waals surface area contributed by atoms with Gasteiger partial charge in [0.1, 0.15) is 41.6 Å². The van der Waals surface area contributed by atoms with E-state index in [0.717, 1.165) is 16.9 Å². The molecule has 3 rings (SSSR count). The van der Waals surface area contributed by atoms with Gasteiger partial charge in [-0.25, -0.2) is 0 Å². The second-order valence-corrected chi connectivity index (χ2v) is 6.10. The highest BCUT2D eigenvalue weighted by atomic mass is 16.5. The fourth-order valence-electron chi connectivity index (χ4n) is 2.61. The molecule has 0 aliphatic heterocycles. The molecule has 4 nitrogen and oxygen atoms in total. The molecule has 0 N–H and O–H groups in total. The minimum atomic E-state index is 0.108. The fourth-order valence-corrected chi connectivity index (χ4v) is 2.61. The molecule has 3 aromatic rings. The molecule has 0 saturated heterocycles. The Morgan fingerprint density at radius 3 is 2.14 bits per heavy atom. The number of ether oxygens (including phenoxy) is 2. The summed E-state index contributed by atoms with van der Waals surface area (Å²) < 4.78 is 11.7. The van der Waals surface area contributed by atoms with E-state index < -0.39 is 0 Å². The molecule has 0 unspecified atom stereocenters. The van der Waals surface area contributed by atoms with Crippen LogP contribution in [0.3, 0.4) is 0 Å². The highest BCUT2D eigenvalue weighted by Gasteiger charge is 2.05. The van der Waals surface area contributed by atoms with Crippen LogP contribution in [0.4, 0.5) is 0 Å². The first-order valence-electron chi connectivity index (χ1n) is 8.76. The summed E-state index contributed by atoms with van der Waals surface area (Å²) in [6.07, 6.45) is 0. The number of rotatable bonds is 6. The van der Waals surface area contributed by atoms with Gasteiger partial charge in [-0.15, -0.1) is 0 Å². The van der Waals surface area contributed by atoms with Gasteiger partial charge >= 0.3 is 0 Å². The molecular formula is C24H18N2O2. The predicted octanol–water partition coefficient (Wildman–Crippen LogP) is 5.88. The van der Waals surface area contributed by atoms with Gasteiger partial charge in [-0.1, -0.05) is 48.5 Å². The van der Waals surface area contributed by atoms with E-state index in [1.807, 2.05) is 91.0 Å². The van der Waals surface area contributed by atoms with Crippen molar-refractivity contribution in [1.29, 1.82) is 10.5 Å². The van der Waals surface area contributed by atoms with E-state index in [4.69, 9.17) is 20.0 Å². The monoisotopic (exact) mass is 366 g/mol. The van der Waals surface area contributed by atoms with E-state index in [1.165, 1.54) is 0 Å². The minimum Gasteiger partial charge on any atom is -0.489 e. The summed E-state index contributed by atoms with van der Waals surface area (Å²) in [5.74, 6) is 2.05. The zero-order valence-electron chi connectivity index (χ0n) is 15.4. The molecule has 0 amide bonds. The molecule has 3 aromatic carbocycles. The number of allylic oxidation sites excluding steroid dienone is 2. The summed E-state index contributed by atoms with van der Waals surface area (Å²) in [7, 11) is 0. The van der Waals surface area contributed by atoms with Gasteiger partial charge in [-0.3, -0.25) is 0 Å². The Balaban J connectivity index is 1.68. The number of hydrogen-bond donors (Lipinski definition) is 0. The van der Waals surface area contributed by atoms with Crippen LogP contribution in [-0.2, 0) is 6.61 Å². The Bertz CT molecular complexity index is 1040. The highest BCUT2D eigenvalue weighted by molar-refractivity contribution is 5.74. The van der Waals surface area contributed by atoms with Crippen LogP contribution < -0.4 is 9.47 Å². The Morgan fingerprint density at radius 1 is 0.786 bits per heavy atom. The van der Waals surface area contributed by atoms with Gasteiger partial charge in [0.25, 0.3) is 0 Å². The molecule has 28 heavy (non-hydrogen) atoms. The number of hydrogen-bond acceptors (Lipinski definition) is 4. The molecule has 4 heteroatoms. The lowest BCUT2D eigenvalue weighted by atomic mass is 10.0. The quantitative estimate of drug-likeness (QED) is 0.511. The zero-order chi connectivity index (χ0) is 19.8. The first kappa shape index (κ1) is 18.8. The highest BCUT2D eigenvalue weighted by Crippen LogP contribution is 2.27. The molecule has 0 fully saturated rings. The largest absolute Gasteiger partial charge is 0.489 e. The van der Waals surface area contributed by atoms with Crippen LogP contribution in [0.2, 0.25) is 0 Å². The Kier molecular flexibility index (Phi) is 6.08. The van der Waals surface area contributed by atoms with E-state index >= 15 is 0 Å². The fraction of sp³-hybridized carbons (Fsp3) is 0.0833. The molecule has 0 aliphatic rings. The van der Waals surface area contributed by atoms with Gasteiger partial charge in [-0.2, -0.15) is 10.5 Å². The van der Waals surface area contributed by atoms with Crippen LogP contribution in [0.5, 0.6) is 17.2 Å². The number of benzene rings is 3. The zero-order valence-corrected chi connectivity index (χ0v) is 15.4. The van der Waals surface area contributed by atoms with Crippen molar-refractivity contribution in [2.24, 2.45) is 0 Å². The summed E-state index contributed by atoms with van der Waals surface area (Å²) in [5.41, 5.74) is 2.66. The predicted molar refractivity (Wildman–Crippen MR) is 108 cm³/mol. The third kappa shape index (κ3) is 4.78. The summed E-state index contributed by atoms with van der Waals surface area (Å²) in [4.78, 5) is 0. The molecule has 0 saturated carbocycles. The van der Waals surface area contributed by atoms with Crippen molar-refractivity contribution in [1.82, 2.24) is 0 Å². The van der Waals surface area contributed by atoms with Gasteiger partial charge in [0.15, 0.2) is 0 Å². The van der Waals surface area contributed by atoms with E-state index in [1.54, 1.807) is 6.92 Å².